The molecule has 6 nitrogen and oxygen atoms in total. The molecule has 2 fully saturated rings. The number of hydrogen-bond acceptors (Lipinski definition) is 4. The quantitative estimate of drug-likeness (QED) is 0.849. The highest BCUT2D eigenvalue weighted by Crippen LogP contribution is 2.41. The number of hydrogen-bond donors (Lipinski definition) is 1. The lowest BCUT2D eigenvalue weighted by Crippen LogP contribution is -2.46. The van der Waals surface area contributed by atoms with Gasteiger partial charge >= 0.3 is 0 Å². The third-order valence-corrected chi connectivity index (χ3v) is 4.68. The standard InChI is InChI=1S/C16H15N3O3/c17-7-9-1-3-12-13(5-9)19(8-15(20)18-12)16(21)11-6-10-2-4-14(11)22-10/h1,3,5,10-11,14H,2,4,6,8H2,(H,18,20). The van der Waals surface area contributed by atoms with Gasteiger partial charge in [0.15, 0.2) is 0 Å². The highest BCUT2D eigenvalue weighted by atomic mass is 16.5. The lowest BCUT2D eigenvalue weighted by Gasteiger charge is -2.32. The van der Waals surface area contributed by atoms with E-state index >= 15 is 0 Å². The number of rotatable bonds is 1. The summed E-state index contributed by atoms with van der Waals surface area (Å²) in [6.07, 6.45) is 2.82. The maximum absolute atomic E-state index is 12.9. The van der Waals surface area contributed by atoms with Crippen LogP contribution in [0.2, 0.25) is 0 Å². The van der Waals surface area contributed by atoms with Gasteiger partial charge in [-0.3, -0.25) is 9.59 Å². The number of nitriles is 1. The Morgan fingerprint density at radius 3 is 2.95 bits per heavy atom. The van der Waals surface area contributed by atoms with Crippen molar-refractivity contribution < 1.29 is 14.3 Å². The number of ether oxygens (including phenoxy) is 1. The second-order valence-electron chi connectivity index (χ2n) is 6.03. The van der Waals surface area contributed by atoms with Crippen LogP contribution in [0.3, 0.4) is 0 Å². The second kappa shape index (κ2) is 4.82. The Hall–Kier alpha value is -2.39. The number of amides is 2. The van der Waals surface area contributed by atoms with Crippen LogP contribution in [-0.4, -0.2) is 30.6 Å². The first-order valence-electron chi connectivity index (χ1n) is 7.46. The average Bonchev–Trinajstić information content (AvgIpc) is 3.16. The normalized spacial score (nSPS) is 29.0. The summed E-state index contributed by atoms with van der Waals surface area (Å²) in [6, 6.07) is 7.02. The number of nitrogens with one attached hydrogen (secondary N) is 1. The van der Waals surface area contributed by atoms with E-state index in [1.54, 1.807) is 18.2 Å². The van der Waals surface area contributed by atoms with Crippen LogP contribution in [0.15, 0.2) is 18.2 Å². The predicted molar refractivity (Wildman–Crippen MR) is 78.1 cm³/mol. The van der Waals surface area contributed by atoms with Gasteiger partial charge < -0.3 is 15.0 Å². The van der Waals surface area contributed by atoms with Gasteiger partial charge in [0, 0.05) is 0 Å². The highest BCUT2D eigenvalue weighted by molar-refractivity contribution is 6.10. The highest BCUT2D eigenvalue weighted by Gasteiger charge is 2.46. The Bertz CT molecular complexity index is 709. The van der Waals surface area contributed by atoms with Gasteiger partial charge in [0.25, 0.3) is 0 Å². The summed E-state index contributed by atoms with van der Waals surface area (Å²) in [5, 5.41) is 11.8. The van der Waals surface area contributed by atoms with E-state index in [0.717, 1.165) is 19.3 Å². The number of nitrogens with zero attached hydrogens (tertiary/aromatic N) is 2. The largest absolute Gasteiger partial charge is 0.374 e. The van der Waals surface area contributed by atoms with Crippen LogP contribution < -0.4 is 10.2 Å². The van der Waals surface area contributed by atoms with Gasteiger partial charge in [0.1, 0.15) is 6.54 Å². The van der Waals surface area contributed by atoms with Crippen LogP contribution in [-0.2, 0) is 14.3 Å². The minimum absolute atomic E-state index is 0.00536. The molecule has 3 aliphatic heterocycles. The monoisotopic (exact) mass is 297 g/mol. The van der Waals surface area contributed by atoms with E-state index in [1.807, 2.05) is 0 Å². The maximum atomic E-state index is 12.9. The molecular weight excluding hydrogens is 282 g/mol. The summed E-state index contributed by atoms with van der Waals surface area (Å²) in [4.78, 5) is 26.3. The van der Waals surface area contributed by atoms with E-state index in [0.29, 0.717) is 16.9 Å². The summed E-state index contributed by atoms with van der Waals surface area (Å²) in [5.41, 5.74) is 1.65. The van der Waals surface area contributed by atoms with Crippen molar-refractivity contribution in [3.05, 3.63) is 23.8 Å². The Labute approximate surface area is 127 Å². The number of carbonyl (C=O) groups is 2. The molecule has 0 radical (unpaired) electrons. The average molecular weight is 297 g/mol. The van der Waals surface area contributed by atoms with Crippen LogP contribution in [0.1, 0.15) is 24.8 Å². The Kier molecular flexibility index (Phi) is 2.91. The van der Waals surface area contributed by atoms with Crippen LogP contribution >= 0.6 is 0 Å². The maximum Gasteiger partial charge on any atom is 0.244 e. The first kappa shape index (κ1) is 13.3. The topological polar surface area (TPSA) is 82.4 Å². The second-order valence-corrected chi connectivity index (χ2v) is 6.03. The van der Waals surface area contributed by atoms with E-state index in [4.69, 9.17) is 10.00 Å². The van der Waals surface area contributed by atoms with Gasteiger partial charge in [-0.2, -0.15) is 5.26 Å². The molecule has 2 saturated heterocycles. The zero-order valence-corrected chi connectivity index (χ0v) is 11.9. The summed E-state index contributed by atoms with van der Waals surface area (Å²) in [5.74, 6) is -0.462. The smallest absolute Gasteiger partial charge is 0.244 e. The molecule has 3 unspecified atom stereocenters. The SMILES string of the molecule is N#Cc1ccc2c(c1)N(C(=O)C1CC3CCC1O3)CC(=O)N2. The number of anilines is 2. The van der Waals surface area contributed by atoms with Crippen LogP contribution in [0.4, 0.5) is 11.4 Å². The van der Waals surface area contributed by atoms with E-state index in [2.05, 4.69) is 11.4 Å². The van der Waals surface area contributed by atoms with E-state index < -0.39 is 0 Å². The molecule has 6 heteroatoms. The molecule has 0 aliphatic carbocycles. The van der Waals surface area contributed by atoms with Gasteiger partial charge in [0.05, 0.1) is 41.1 Å². The molecule has 0 spiro atoms. The molecule has 3 heterocycles. The van der Waals surface area contributed by atoms with Crippen molar-refractivity contribution in [2.45, 2.75) is 31.5 Å². The molecule has 2 amide bonds. The van der Waals surface area contributed by atoms with E-state index in [-0.39, 0.29) is 36.5 Å². The minimum Gasteiger partial charge on any atom is -0.374 e. The fourth-order valence-electron chi connectivity index (χ4n) is 3.64. The number of fused-ring (bicyclic) bond motifs is 3. The first-order chi connectivity index (χ1) is 10.7. The van der Waals surface area contributed by atoms with Gasteiger partial charge in [0.2, 0.25) is 11.8 Å². The molecule has 1 N–H and O–H groups in total. The molecule has 2 bridgehead atoms. The summed E-state index contributed by atoms with van der Waals surface area (Å²) >= 11 is 0. The third kappa shape index (κ3) is 1.97. The molecule has 22 heavy (non-hydrogen) atoms. The minimum atomic E-state index is -0.213. The van der Waals surface area contributed by atoms with Crippen molar-refractivity contribution >= 4 is 23.2 Å². The third-order valence-electron chi connectivity index (χ3n) is 4.68. The van der Waals surface area contributed by atoms with Gasteiger partial charge in [-0.1, -0.05) is 0 Å². The summed E-state index contributed by atoms with van der Waals surface area (Å²) in [6.45, 7) is -0.00536. The van der Waals surface area contributed by atoms with Crippen LogP contribution in [0, 0.1) is 17.2 Å². The molecule has 0 saturated carbocycles. The zero-order valence-electron chi connectivity index (χ0n) is 11.9. The van der Waals surface area contributed by atoms with E-state index in [1.165, 1.54) is 4.90 Å². The van der Waals surface area contributed by atoms with Crippen molar-refractivity contribution in [1.82, 2.24) is 0 Å². The predicted octanol–water partition coefficient (Wildman–Crippen LogP) is 1.41. The Morgan fingerprint density at radius 2 is 2.27 bits per heavy atom. The Balaban J connectivity index is 1.69. The van der Waals surface area contributed by atoms with Crippen LogP contribution in [0.5, 0.6) is 0 Å². The molecular formula is C16H15N3O3. The van der Waals surface area contributed by atoms with Crippen molar-refractivity contribution in [3.8, 4) is 6.07 Å². The fraction of sp³-hybridized carbons (Fsp3) is 0.438. The van der Waals surface area contributed by atoms with Gasteiger partial charge in [-0.25, -0.2) is 0 Å². The molecule has 3 atom stereocenters. The molecule has 1 aromatic carbocycles. The number of benzene rings is 1. The van der Waals surface area contributed by atoms with Gasteiger partial charge in [-0.15, -0.1) is 0 Å². The van der Waals surface area contributed by atoms with Crippen molar-refractivity contribution in [2.24, 2.45) is 5.92 Å². The van der Waals surface area contributed by atoms with Gasteiger partial charge in [-0.05, 0) is 37.5 Å². The molecule has 0 aromatic heterocycles. The van der Waals surface area contributed by atoms with Crippen molar-refractivity contribution in [3.63, 3.8) is 0 Å². The van der Waals surface area contributed by atoms with E-state index in [9.17, 15) is 9.59 Å². The fourth-order valence-corrected chi connectivity index (χ4v) is 3.64. The first-order valence-corrected chi connectivity index (χ1v) is 7.46. The Morgan fingerprint density at radius 1 is 1.41 bits per heavy atom. The molecule has 112 valence electrons. The summed E-state index contributed by atoms with van der Waals surface area (Å²) < 4.78 is 5.76. The zero-order chi connectivity index (χ0) is 15.3. The van der Waals surface area contributed by atoms with Crippen molar-refractivity contribution in [1.29, 1.82) is 5.26 Å². The lowest BCUT2D eigenvalue weighted by molar-refractivity contribution is -0.126. The lowest BCUT2D eigenvalue weighted by atomic mass is 9.88. The summed E-state index contributed by atoms with van der Waals surface area (Å²) in [7, 11) is 0. The molecule has 3 aliphatic rings. The molecule has 4 rings (SSSR count). The number of carbonyl (C=O) groups excluding carboxylic acids is 2. The van der Waals surface area contributed by atoms with Crippen LogP contribution in [0.25, 0.3) is 0 Å². The van der Waals surface area contributed by atoms with Crippen molar-refractivity contribution in [2.75, 3.05) is 16.8 Å². The molecule has 1 aromatic rings.